The Morgan fingerprint density at radius 1 is 0.621 bits per heavy atom. The molecular formula is C39H46F3N3O13. The van der Waals surface area contributed by atoms with Gasteiger partial charge >= 0.3 is 36.3 Å². The fourth-order valence-electron chi connectivity index (χ4n) is 3.56. The molecule has 1 amide bonds. The first-order chi connectivity index (χ1) is 26.5. The van der Waals surface area contributed by atoms with Crippen molar-refractivity contribution in [2.24, 2.45) is 5.73 Å². The van der Waals surface area contributed by atoms with Gasteiger partial charge in [-0.1, -0.05) is 12.1 Å². The molecule has 6 N–H and O–H groups in total. The Kier molecular flexibility index (Phi) is 20.1. The summed E-state index contributed by atoms with van der Waals surface area (Å²) in [5.41, 5.74) is 3.22. The van der Waals surface area contributed by atoms with Crippen LogP contribution in [0, 0.1) is 28.8 Å². The van der Waals surface area contributed by atoms with Crippen molar-refractivity contribution in [3.8, 4) is 6.07 Å². The Morgan fingerprint density at radius 2 is 0.983 bits per heavy atom. The number of carboxylic acids is 3. The van der Waals surface area contributed by atoms with E-state index >= 15 is 0 Å². The summed E-state index contributed by atoms with van der Waals surface area (Å²) >= 11 is 0. The van der Waals surface area contributed by atoms with Gasteiger partial charge in [-0.05, 0) is 116 Å². The topological polar surface area (TPSA) is 262 Å². The third-order valence-corrected chi connectivity index (χ3v) is 5.87. The van der Waals surface area contributed by atoms with E-state index in [4.69, 9.17) is 40.5 Å². The van der Waals surface area contributed by atoms with Crippen molar-refractivity contribution in [3.63, 3.8) is 0 Å². The summed E-state index contributed by atoms with van der Waals surface area (Å²) in [5.74, 6) is -6.40. The maximum atomic E-state index is 13.4. The van der Waals surface area contributed by atoms with Crippen molar-refractivity contribution < 1.29 is 76.2 Å². The first-order valence-electron chi connectivity index (χ1n) is 16.8. The molecule has 19 heteroatoms. The molecule has 3 aromatic rings. The van der Waals surface area contributed by atoms with Crippen LogP contribution in [-0.2, 0) is 32.0 Å². The zero-order valence-electron chi connectivity index (χ0n) is 33.2. The molecule has 16 nitrogen and oxygen atoms in total. The summed E-state index contributed by atoms with van der Waals surface area (Å²) in [7, 11) is 0. The zero-order valence-corrected chi connectivity index (χ0v) is 33.2. The quantitative estimate of drug-likeness (QED) is 0.0902. The highest BCUT2D eigenvalue weighted by molar-refractivity contribution is 5.89. The number of amides is 1. The number of nitriles is 1. The molecule has 0 heterocycles. The lowest BCUT2D eigenvalue weighted by Gasteiger charge is -2.20. The van der Waals surface area contributed by atoms with Crippen molar-refractivity contribution in [2.45, 2.75) is 92.2 Å². The van der Waals surface area contributed by atoms with Gasteiger partial charge < -0.3 is 45.3 Å². The molecule has 58 heavy (non-hydrogen) atoms. The van der Waals surface area contributed by atoms with E-state index in [1.165, 1.54) is 24.3 Å². The van der Waals surface area contributed by atoms with Crippen molar-refractivity contribution in [2.75, 3.05) is 0 Å². The van der Waals surface area contributed by atoms with E-state index in [0.29, 0.717) is 11.1 Å². The summed E-state index contributed by atoms with van der Waals surface area (Å²) < 4.78 is 57.8. The number of carbonyl (C=O) groups is 6. The van der Waals surface area contributed by atoms with Gasteiger partial charge in [-0.15, -0.1) is 0 Å². The molecule has 0 aliphatic heterocycles. The Labute approximate surface area is 332 Å². The second kappa shape index (κ2) is 22.8. The number of aromatic carboxylic acids is 3. The molecule has 0 saturated heterocycles. The molecule has 3 rings (SSSR count). The van der Waals surface area contributed by atoms with Crippen LogP contribution in [0.1, 0.15) is 110 Å². The van der Waals surface area contributed by atoms with E-state index in [1.54, 1.807) is 68.4 Å². The number of carbonyl (C=O) groups excluding carboxylic acids is 3. The SMILES string of the molecule is CC(C)(C)OC(=O)NCc1ccc(C(=O)O)c(F)c1.CC(C)(C)OC(=O)OC(=O)OC(C)(C)C.N#Cc1ccc(C(=O)O)c(F)c1.NCc1ccc(C(=O)O)c(F)c1. The fourth-order valence-corrected chi connectivity index (χ4v) is 3.56. The number of nitrogens with zero attached hydrogens (tertiary/aromatic N) is 1. The Morgan fingerprint density at radius 3 is 1.31 bits per heavy atom. The molecule has 0 spiro atoms. The van der Waals surface area contributed by atoms with Crippen LogP contribution < -0.4 is 11.1 Å². The Balaban J connectivity index is 0.000000761. The lowest BCUT2D eigenvalue weighted by molar-refractivity contribution is -0.0295. The smallest absolute Gasteiger partial charge is 0.478 e. The van der Waals surface area contributed by atoms with Gasteiger partial charge in [0.25, 0.3) is 0 Å². The number of nitrogens with two attached hydrogens (primary N) is 1. The van der Waals surface area contributed by atoms with Gasteiger partial charge in [-0.2, -0.15) is 5.26 Å². The number of benzene rings is 3. The number of hydrogen-bond acceptors (Lipinski definition) is 12. The number of hydrogen-bond donors (Lipinski definition) is 5. The van der Waals surface area contributed by atoms with Crippen LogP contribution in [0.15, 0.2) is 54.6 Å². The first-order valence-corrected chi connectivity index (χ1v) is 16.8. The summed E-state index contributed by atoms with van der Waals surface area (Å²) in [5, 5.41) is 36.3. The standard InChI is InChI=1S/C13H16FNO4.C10H18O5.C8H8FNO2.C8H4FNO2/c1-13(2,3)19-12(18)15-7-8-4-5-9(11(16)17)10(14)6-8;1-9(2,3)14-7(11)13-8(12)15-10(4,5)6;2*9-7-3-5(4-10)1-2-6(7)8(11)12/h4-6H,7H2,1-3H3,(H,15,18)(H,16,17);1-6H3;1-3H,4,10H2,(H,11,12);1-3H,(H,11,12). The number of rotatable bonds is 6. The molecule has 0 bridgehead atoms. The highest BCUT2D eigenvalue weighted by Crippen LogP contribution is 2.14. The minimum Gasteiger partial charge on any atom is -0.478 e. The normalized spacial score (nSPS) is 10.6. The molecule has 0 aliphatic carbocycles. The van der Waals surface area contributed by atoms with E-state index in [0.717, 1.165) is 30.3 Å². The van der Waals surface area contributed by atoms with Crippen molar-refractivity contribution in [1.82, 2.24) is 5.32 Å². The number of alkyl carbamates (subject to hydrolysis) is 1. The molecule has 0 fully saturated rings. The van der Waals surface area contributed by atoms with Gasteiger partial charge in [0.05, 0.1) is 28.3 Å². The molecule has 0 unspecified atom stereocenters. The van der Waals surface area contributed by atoms with E-state index in [9.17, 15) is 41.9 Å². The Bertz CT molecular complexity index is 1950. The zero-order chi connectivity index (χ0) is 45.2. The number of carboxylic acid groups (broad SMARTS) is 3. The van der Waals surface area contributed by atoms with Crippen LogP contribution in [-0.4, -0.2) is 68.4 Å². The van der Waals surface area contributed by atoms with Crippen molar-refractivity contribution in [3.05, 3.63) is 105 Å². The summed E-state index contributed by atoms with van der Waals surface area (Å²) in [4.78, 5) is 64.7. The highest BCUT2D eigenvalue weighted by Gasteiger charge is 2.24. The second-order valence-electron chi connectivity index (χ2n) is 14.4. The largest absolute Gasteiger partial charge is 0.519 e. The van der Waals surface area contributed by atoms with Gasteiger partial charge in [0, 0.05) is 13.1 Å². The maximum absolute atomic E-state index is 13.4. The molecule has 0 radical (unpaired) electrons. The van der Waals surface area contributed by atoms with Crippen LogP contribution in [0.3, 0.4) is 0 Å². The summed E-state index contributed by atoms with van der Waals surface area (Å²) in [6, 6.07) is 12.4. The fraction of sp³-hybridized carbons (Fsp3) is 0.359. The van der Waals surface area contributed by atoms with Crippen LogP contribution in [0.25, 0.3) is 0 Å². The van der Waals surface area contributed by atoms with E-state index in [2.05, 4.69) is 10.1 Å². The van der Waals surface area contributed by atoms with Crippen molar-refractivity contribution >= 4 is 36.3 Å². The average molecular weight is 822 g/mol. The molecular weight excluding hydrogens is 775 g/mol. The highest BCUT2D eigenvalue weighted by atomic mass is 19.1. The lowest BCUT2D eigenvalue weighted by atomic mass is 10.1. The van der Waals surface area contributed by atoms with Crippen molar-refractivity contribution in [1.29, 1.82) is 5.26 Å². The average Bonchev–Trinajstić information content (AvgIpc) is 3.05. The van der Waals surface area contributed by atoms with Gasteiger partial charge in [0.2, 0.25) is 0 Å². The minimum atomic E-state index is -1.34. The van der Waals surface area contributed by atoms with Gasteiger partial charge in [0.1, 0.15) is 34.3 Å². The number of ether oxygens (including phenoxy) is 4. The second-order valence-corrected chi connectivity index (χ2v) is 14.4. The first kappa shape index (κ1) is 51.3. The molecule has 0 saturated carbocycles. The maximum Gasteiger partial charge on any atom is 0.519 e. The van der Waals surface area contributed by atoms with Gasteiger partial charge in [0.15, 0.2) is 0 Å². The molecule has 316 valence electrons. The van der Waals surface area contributed by atoms with Gasteiger partial charge in [-0.25, -0.2) is 41.9 Å². The van der Waals surface area contributed by atoms with Crippen LogP contribution in [0.2, 0.25) is 0 Å². The minimum absolute atomic E-state index is 0.0612. The van der Waals surface area contributed by atoms with Gasteiger partial charge in [-0.3, -0.25) is 0 Å². The third-order valence-electron chi connectivity index (χ3n) is 5.87. The molecule has 3 aromatic carbocycles. The van der Waals surface area contributed by atoms with E-state index in [1.807, 2.05) is 0 Å². The van der Waals surface area contributed by atoms with Crippen LogP contribution >= 0.6 is 0 Å². The van der Waals surface area contributed by atoms with Crippen LogP contribution in [0.4, 0.5) is 27.6 Å². The molecule has 0 aliphatic rings. The number of nitrogens with one attached hydrogen (secondary N) is 1. The van der Waals surface area contributed by atoms with E-state index < -0.39 is 81.7 Å². The monoisotopic (exact) mass is 821 g/mol. The third kappa shape index (κ3) is 22.0. The molecule has 0 aromatic heterocycles. The summed E-state index contributed by atoms with van der Waals surface area (Å²) in [6.45, 7) is 15.5. The predicted octanol–water partition coefficient (Wildman–Crippen LogP) is 7.80. The number of halogens is 3. The summed E-state index contributed by atoms with van der Waals surface area (Å²) in [6.07, 6.45) is -2.73. The lowest BCUT2D eigenvalue weighted by Crippen LogP contribution is -2.32. The van der Waals surface area contributed by atoms with Crippen LogP contribution in [0.5, 0.6) is 0 Å². The van der Waals surface area contributed by atoms with E-state index in [-0.39, 0.29) is 24.2 Å². The predicted molar refractivity (Wildman–Crippen MR) is 199 cm³/mol. The molecule has 0 atom stereocenters. The Hall–Kier alpha value is -6.68.